The third kappa shape index (κ3) is 2.26. The summed E-state index contributed by atoms with van der Waals surface area (Å²) in [6.45, 7) is 2.05. The van der Waals surface area contributed by atoms with Crippen molar-refractivity contribution >= 4 is 11.7 Å². The molecule has 80 valence electrons. The average Bonchev–Trinajstić information content (AvgIpc) is 2.30. The second-order valence-electron chi connectivity index (χ2n) is 3.79. The minimum absolute atomic E-state index is 0.345. The average molecular weight is 205 g/mol. The zero-order chi connectivity index (χ0) is 10.7. The van der Waals surface area contributed by atoms with Gasteiger partial charge in [-0.2, -0.15) is 0 Å². The van der Waals surface area contributed by atoms with Crippen molar-refractivity contribution in [2.75, 3.05) is 18.0 Å². The Hall–Kier alpha value is -1.58. The largest absolute Gasteiger partial charge is 0.364 e. The Morgan fingerprint density at radius 3 is 2.67 bits per heavy atom. The van der Waals surface area contributed by atoms with Gasteiger partial charge >= 0.3 is 0 Å². The van der Waals surface area contributed by atoms with Crippen LogP contribution >= 0.6 is 0 Å². The lowest BCUT2D eigenvalue weighted by atomic mass is 10.1. The van der Waals surface area contributed by atoms with E-state index in [0.29, 0.717) is 5.69 Å². The van der Waals surface area contributed by atoms with Crippen molar-refractivity contribution in [1.82, 2.24) is 4.98 Å². The highest BCUT2D eigenvalue weighted by atomic mass is 16.1. The number of hydrogen-bond donors (Lipinski definition) is 1. The van der Waals surface area contributed by atoms with E-state index < -0.39 is 5.91 Å². The lowest BCUT2D eigenvalue weighted by molar-refractivity contribution is 0.0995. The number of pyridine rings is 1. The van der Waals surface area contributed by atoms with Gasteiger partial charge in [0.1, 0.15) is 11.5 Å². The summed E-state index contributed by atoms with van der Waals surface area (Å²) in [5.74, 6) is 0.403. The summed E-state index contributed by atoms with van der Waals surface area (Å²) in [6.07, 6.45) is 3.68. The number of nitrogens with two attached hydrogens (primary N) is 1. The van der Waals surface area contributed by atoms with Gasteiger partial charge in [-0.05, 0) is 31.4 Å². The van der Waals surface area contributed by atoms with Gasteiger partial charge in [0, 0.05) is 13.1 Å². The number of carbonyl (C=O) groups excluding carboxylic acids is 1. The number of rotatable bonds is 2. The van der Waals surface area contributed by atoms with Crippen LogP contribution in [0.5, 0.6) is 0 Å². The highest BCUT2D eigenvalue weighted by Gasteiger charge is 2.13. The molecule has 0 bridgehead atoms. The Balaban J connectivity index is 2.19. The number of anilines is 1. The predicted molar refractivity (Wildman–Crippen MR) is 58.8 cm³/mol. The normalized spacial score (nSPS) is 16.4. The van der Waals surface area contributed by atoms with Crippen LogP contribution in [0.1, 0.15) is 29.8 Å². The first-order valence-corrected chi connectivity index (χ1v) is 5.29. The van der Waals surface area contributed by atoms with Crippen molar-refractivity contribution in [1.29, 1.82) is 0 Å². The first kappa shape index (κ1) is 9.96. The third-order valence-corrected chi connectivity index (χ3v) is 2.67. The Morgan fingerprint density at radius 2 is 2.00 bits per heavy atom. The van der Waals surface area contributed by atoms with E-state index in [1.807, 2.05) is 12.1 Å². The molecule has 1 amide bonds. The van der Waals surface area contributed by atoms with E-state index in [1.54, 1.807) is 6.07 Å². The zero-order valence-corrected chi connectivity index (χ0v) is 8.65. The van der Waals surface area contributed by atoms with Crippen LogP contribution in [0.3, 0.4) is 0 Å². The molecule has 1 aliphatic heterocycles. The van der Waals surface area contributed by atoms with Crippen molar-refractivity contribution in [2.45, 2.75) is 19.3 Å². The molecule has 1 aromatic rings. The van der Waals surface area contributed by atoms with E-state index in [1.165, 1.54) is 19.3 Å². The molecule has 1 saturated heterocycles. The van der Waals surface area contributed by atoms with Crippen LogP contribution in [0, 0.1) is 0 Å². The van der Waals surface area contributed by atoms with Crippen LogP contribution in [0.15, 0.2) is 18.2 Å². The van der Waals surface area contributed by atoms with Crippen LogP contribution < -0.4 is 10.6 Å². The fraction of sp³-hybridized carbons (Fsp3) is 0.455. The van der Waals surface area contributed by atoms with Gasteiger partial charge in [0.15, 0.2) is 0 Å². The number of aromatic nitrogens is 1. The predicted octanol–water partition coefficient (Wildman–Crippen LogP) is 1.17. The molecule has 0 spiro atoms. The Kier molecular flexibility index (Phi) is 2.85. The standard InChI is InChI=1S/C11H15N3O/c12-11(15)9-5-4-6-10(13-9)14-7-2-1-3-8-14/h4-6H,1-3,7-8H2,(H2,12,15). The highest BCUT2D eigenvalue weighted by Crippen LogP contribution is 2.17. The van der Waals surface area contributed by atoms with Gasteiger partial charge in [-0.15, -0.1) is 0 Å². The SMILES string of the molecule is NC(=O)c1cccc(N2CCCCC2)n1. The first-order valence-electron chi connectivity index (χ1n) is 5.29. The van der Waals surface area contributed by atoms with Crippen molar-refractivity contribution < 1.29 is 4.79 Å². The molecule has 2 N–H and O–H groups in total. The Morgan fingerprint density at radius 1 is 1.27 bits per heavy atom. The highest BCUT2D eigenvalue weighted by molar-refractivity contribution is 5.91. The lowest BCUT2D eigenvalue weighted by Crippen LogP contribution is -2.30. The molecule has 0 unspecified atom stereocenters. The summed E-state index contributed by atoms with van der Waals surface area (Å²) in [7, 11) is 0. The van der Waals surface area contributed by atoms with Crippen molar-refractivity contribution in [3.8, 4) is 0 Å². The minimum Gasteiger partial charge on any atom is -0.364 e. The second-order valence-corrected chi connectivity index (χ2v) is 3.79. The van der Waals surface area contributed by atoms with Crippen LogP contribution in [-0.2, 0) is 0 Å². The maximum atomic E-state index is 11.0. The molecule has 4 nitrogen and oxygen atoms in total. The topological polar surface area (TPSA) is 59.2 Å². The summed E-state index contributed by atoms with van der Waals surface area (Å²) in [5.41, 5.74) is 5.54. The number of hydrogen-bond acceptors (Lipinski definition) is 3. The molecule has 1 aromatic heterocycles. The number of nitrogens with zero attached hydrogens (tertiary/aromatic N) is 2. The van der Waals surface area contributed by atoms with E-state index in [-0.39, 0.29) is 0 Å². The van der Waals surface area contributed by atoms with Gasteiger partial charge in [-0.1, -0.05) is 6.07 Å². The van der Waals surface area contributed by atoms with Gasteiger partial charge in [0.2, 0.25) is 0 Å². The fourth-order valence-electron chi connectivity index (χ4n) is 1.86. The van der Waals surface area contributed by atoms with Gasteiger partial charge in [-0.3, -0.25) is 4.79 Å². The quantitative estimate of drug-likeness (QED) is 0.788. The van der Waals surface area contributed by atoms with E-state index >= 15 is 0 Å². The molecular weight excluding hydrogens is 190 g/mol. The monoisotopic (exact) mass is 205 g/mol. The Labute approximate surface area is 89.1 Å². The first-order chi connectivity index (χ1) is 7.27. The number of piperidine rings is 1. The van der Waals surface area contributed by atoms with E-state index in [9.17, 15) is 4.79 Å². The fourth-order valence-corrected chi connectivity index (χ4v) is 1.86. The molecule has 0 radical (unpaired) electrons. The van der Waals surface area contributed by atoms with Crippen LogP contribution in [0.2, 0.25) is 0 Å². The molecule has 0 aliphatic carbocycles. The molecule has 4 heteroatoms. The molecular formula is C11H15N3O. The van der Waals surface area contributed by atoms with Crippen molar-refractivity contribution in [3.63, 3.8) is 0 Å². The zero-order valence-electron chi connectivity index (χ0n) is 8.65. The van der Waals surface area contributed by atoms with Crippen molar-refractivity contribution in [2.24, 2.45) is 5.73 Å². The molecule has 0 atom stereocenters. The number of carbonyl (C=O) groups is 1. The molecule has 1 aliphatic rings. The molecule has 2 heterocycles. The van der Waals surface area contributed by atoms with Gasteiger partial charge in [-0.25, -0.2) is 4.98 Å². The maximum absolute atomic E-state index is 11.0. The van der Waals surface area contributed by atoms with E-state index in [4.69, 9.17) is 5.73 Å². The van der Waals surface area contributed by atoms with Crippen LogP contribution in [0.4, 0.5) is 5.82 Å². The summed E-state index contributed by atoms with van der Waals surface area (Å²) in [6, 6.07) is 5.41. The molecule has 1 fully saturated rings. The van der Waals surface area contributed by atoms with Crippen molar-refractivity contribution in [3.05, 3.63) is 23.9 Å². The molecule has 2 rings (SSSR count). The Bertz CT molecular complexity index is 359. The molecule has 0 saturated carbocycles. The summed E-state index contributed by atoms with van der Waals surface area (Å²) in [5, 5.41) is 0. The van der Waals surface area contributed by atoms with Crippen LogP contribution in [-0.4, -0.2) is 24.0 Å². The minimum atomic E-state index is -0.464. The summed E-state index contributed by atoms with van der Waals surface area (Å²) >= 11 is 0. The number of primary amides is 1. The lowest BCUT2D eigenvalue weighted by Gasteiger charge is -2.27. The van der Waals surface area contributed by atoms with Gasteiger partial charge in [0.25, 0.3) is 5.91 Å². The second kappa shape index (κ2) is 4.29. The van der Waals surface area contributed by atoms with Gasteiger partial charge in [0.05, 0.1) is 0 Å². The van der Waals surface area contributed by atoms with E-state index in [0.717, 1.165) is 18.9 Å². The van der Waals surface area contributed by atoms with Gasteiger partial charge < -0.3 is 10.6 Å². The van der Waals surface area contributed by atoms with Crippen LogP contribution in [0.25, 0.3) is 0 Å². The summed E-state index contributed by atoms with van der Waals surface area (Å²) < 4.78 is 0. The third-order valence-electron chi connectivity index (χ3n) is 2.67. The summed E-state index contributed by atoms with van der Waals surface area (Å²) in [4.78, 5) is 17.4. The molecule has 15 heavy (non-hydrogen) atoms. The molecule has 0 aromatic carbocycles. The maximum Gasteiger partial charge on any atom is 0.267 e. The number of amides is 1. The smallest absolute Gasteiger partial charge is 0.267 e. The van der Waals surface area contributed by atoms with E-state index in [2.05, 4.69) is 9.88 Å².